The maximum atomic E-state index is 11.1. The lowest BCUT2D eigenvalue weighted by Gasteiger charge is -2.06. The van der Waals surface area contributed by atoms with Crippen molar-refractivity contribution >= 4 is 0 Å². The first-order chi connectivity index (χ1) is 13.0. The summed E-state index contributed by atoms with van der Waals surface area (Å²) in [6.07, 6.45) is 0. The topological polar surface area (TPSA) is 38.0 Å². The third kappa shape index (κ3) is 3.24. The van der Waals surface area contributed by atoms with Gasteiger partial charge in [-0.2, -0.15) is 5.10 Å². The molecule has 0 aliphatic rings. The number of hydrogen-bond acceptors (Lipinski definition) is 2. The van der Waals surface area contributed by atoms with Crippen LogP contribution in [0.3, 0.4) is 0 Å². The molecule has 3 nitrogen and oxygen atoms in total. The van der Waals surface area contributed by atoms with E-state index in [1.165, 1.54) is 11.1 Å². The summed E-state index contributed by atoms with van der Waals surface area (Å²) in [4.78, 5) is 0. The minimum atomic E-state index is 0.153. The first kappa shape index (κ1) is 17.1. The van der Waals surface area contributed by atoms with Gasteiger partial charge in [-0.15, -0.1) is 0 Å². The van der Waals surface area contributed by atoms with Crippen LogP contribution in [-0.4, -0.2) is 14.9 Å². The van der Waals surface area contributed by atoms with Crippen LogP contribution in [0.5, 0.6) is 5.88 Å². The Morgan fingerprint density at radius 2 is 1.30 bits per heavy atom. The Bertz CT molecular complexity index is 1090. The lowest BCUT2D eigenvalue weighted by atomic mass is 10.00. The zero-order valence-corrected chi connectivity index (χ0v) is 15.8. The average molecular weight is 354 g/mol. The van der Waals surface area contributed by atoms with Crippen molar-refractivity contribution in [1.82, 2.24) is 9.78 Å². The Morgan fingerprint density at radius 1 is 0.704 bits per heavy atom. The van der Waals surface area contributed by atoms with E-state index in [-0.39, 0.29) is 5.88 Å². The minimum absolute atomic E-state index is 0.153. The van der Waals surface area contributed by atoms with Gasteiger partial charge in [-0.1, -0.05) is 71.8 Å². The van der Waals surface area contributed by atoms with Crippen molar-refractivity contribution in [2.24, 2.45) is 0 Å². The first-order valence-electron chi connectivity index (χ1n) is 9.06. The molecule has 134 valence electrons. The molecule has 0 amide bonds. The lowest BCUT2D eigenvalue weighted by Crippen LogP contribution is -1.96. The largest absolute Gasteiger partial charge is 0.493 e. The van der Waals surface area contributed by atoms with Crippen LogP contribution in [0.2, 0.25) is 0 Å². The third-order valence-corrected chi connectivity index (χ3v) is 4.77. The van der Waals surface area contributed by atoms with E-state index in [2.05, 4.69) is 50.2 Å². The zero-order valence-electron chi connectivity index (χ0n) is 15.8. The van der Waals surface area contributed by atoms with Crippen molar-refractivity contribution in [3.63, 3.8) is 0 Å². The highest BCUT2D eigenvalue weighted by atomic mass is 16.3. The number of hydrogen-bond donors (Lipinski definition) is 1. The molecule has 0 radical (unpaired) electrons. The molecule has 0 spiro atoms. The maximum Gasteiger partial charge on any atom is 0.222 e. The van der Waals surface area contributed by atoms with Crippen LogP contribution >= 0.6 is 0 Å². The van der Waals surface area contributed by atoms with E-state index in [0.29, 0.717) is 0 Å². The summed E-state index contributed by atoms with van der Waals surface area (Å²) in [6, 6.07) is 24.4. The van der Waals surface area contributed by atoms with Crippen LogP contribution in [0.25, 0.3) is 28.1 Å². The average Bonchev–Trinajstić information content (AvgIpc) is 3.00. The molecule has 0 fully saturated rings. The van der Waals surface area contributed by atoms with E-state index in [1.807, 2.05) is 43.3 Å². The summed E-state index contributed by atoms with van der Waals surface area (Å²) in [5, 5.41) is 15.9. The highest BCUT2D eigenvalue weighted by Crippen LogP contribution is 2.40. The summed E-state index contributed by atoms with van der Waals surface area (Å²) < 4.78 is 1.62. The Labute approximate surface area is 159 Å². The number of aryl methyl sites for hydroxylation is 3. The second-order valence-electron chi connectivity index (χ2n) is 7.03. The number of aromatic nitrogens is 2. The van der Waals surface area contributed by atoms with Crippen molar-refractivity contribution in [2.75, 3.05) is 0 Å². The molecule has 0 atom stereocenters. The maximum absolute atomic E-state index is 11.1. The Morgan fingerprint density at radius 3 is 1.89 bits per heavy atom. The molecule has 0 unspecified atom stereocenters. The van der Waals surface area contributed by atoms with Gasteiger partial charge >= 0.3 is 0 Å². The fraction of sp³-hybridized carbons (Fsp3) is 0.125. The standard InChI is InChI=1S/C24H22N2O/c1-16-7-11-19(12-8-16)22-23(20-13-9-17(2)10-14-20)25-26(24(22)27)21-6-4-5-18(3)15-21/h4-15,27H,1-3H3. The minimum Gasteiger partial charge on any atom is -0.493 e. The van der Waals surface area contributed by atoms with Crippen LogP contribution in [0.15, 0.2) is 72.8 Å². The summed E-state index contributed by atoms with van der Waals surface area (Å²) in [6.45, 7) is 6.15. The number of aromatic hydroxyl groups is 1. The van der Waals surface area contributed by atoms with Gasteiger partial charge in [0.2, 0.25) is 5.88 Å². The summed E-state index contributed by atoms with van der Waals surface area (Å²) in [5.74, 6) is 0.153. The Balaban J connectivity index is 1.97. The molecule has 1 N–H and O–H groups in total. The Kier molecular flexibility index (Phi) is 4.28. The molecule has 1 heterocycles. The van der Waals surface area contributed by atoms with Gasteiger partial charge in [0.15, 0.2) is 0 Å². The van der Waals surface area contributed by atoms with Crippen LogP contribution in [0, 0.1) is 20.8 Å². The molecule has 0 aliphatic carbocycles. The molecule has 0 aliphatic heterocycles. The predicted molar refractivity (Wildman–Crippen MR) is 110 cm³/mol. The van der Waals surface area contributed by atoms with Crippen LogP contribution in [0.4, 0.5) is 0 Å². The van der Waals surface area contributed by atoms with E-state index < -0.39 is 0 Å². The molecule has 3 aromatic carbocycles. The quantitative estimate of drug-likeness (QED) is 0.502. The van der Waals surface area contributed by atoms with Gasteiger partial charge in [0.1, 0.15) is 5.69 Å². The molecule has 1 aromatic heterocycles. The zero-order chi connectivity index (χ0) is 19.0. The van der Waals surface area contributed by atoms with Crippen LogP contribution in [0.1, 0.15) is 16.7 Å². The second-order valence-corrected chi connectivity index (χ2v) is 7.03. The first-order valence-corrected chi connectivity index (χ1v) is 9.06. The van der Waals surface area contributed by atoms with Crippen molar-refractivity contribution in [3.05, 3.63) is 89.5 Å². The highest BCUT2D eigenvalue weighted by molar-refractivity contribution is 5.85. The van der Waals surface area contributed by atoms with Crippen molar-refractivity contribution in [1.29, 1.82) is 0 Å². The Hall–Kier alpha value is -3.33. The molecule has 27 heavy (non-hydrogen) atoms. The molecule has 0 bridgehead atoms. The van der Waals surface area contributed by atoms with E-state index in [0.717, 1.165) is 33.6 Å². The van der Waals surface area contributed by atoms with Gasteiger partial charge < -0.3 is 5.11 Å². The summed E-state index contributed by atoms with van der Waals surface area (Å²) in [7, 11) is 0. The highest BCUT2D eigenvalue weighted by Gasteiger charge is 2.21. The normalized spacial score (nSPS) is 10.9. The predicted octanol–water partition coefficient (Wildman–Crippen LogP) is 5.84. The molecule has 0 saturated heterocycles. The van der Waals surface area contributed by atoms with Gasteiger partial charge in [-0.25, -0.2) is 4.68 Å². The van der Waals surface area contributed by atoms with E-state index in [4.69, 9.17) is 5.10 Å². The fourth-order valence-corrected chi connectivity index (χ4v) is 3.25. The van der Waals surface area contributed by atoms with Crippen molar-refractivity contribution < 1.29 is 5.11 Å². The molecular weight excluding hydrogens is 332 g/mol. The second kappa shape index (κ2) is 6.76. The van der Waals surface area contributed by atoms with Gasteiger partial charge in [-0.3, -0.25) is 0 Å². The lowest BCUT2D eigenvalue weighted by molar-refractivity contribution is 0.435. The fourth-order valence-electron chi connectivity index (χ4n) is 3.25. The van der Waals surface area contributed by atoms with E-state index in [9.17, 15) is 5.11 Å². The molecule has 4 rings (SSSR count). The van der Waals surface area contributed by atoms with Gasteiger partial charge in [0.25, 0.3) is 0 Å². The molecule has 4 aromatic rings. The van der Waals surface area contributed by atoms with Crippen molar-refractivity contribution in [2.45, 2.75) is 20.8 Å². The third-order valence-electron chi connectivity index (χ3n) is 4.77. The van der Waals surface area contributed by atoms with E-state index >= 15 is 0 Å². The van der Waals surface area contributed by atoms with E-state index in [1.54, 1.807) is 4.68 Å². The van der Waals surface area contributed by atoms with Gasteiger partial charge in [0.05, 0.1) is 11.3 Å². The number of rotatable bonds is 3. The molecular formula is C24H22N2O. The van der Waals surface area contributed by atoms with Crippen LogP contribution in [-0.2, 0) is 0 Å². The SMILES string of the molecule is Cc1ccc(-c2nn(-c3cccc(C)c3)c(O)c2-c2ccc(C)cc2)cc1. The van der Waals surface area contributed by atoms with Gasteiger partial charge in [0, 0.05) is 5.56 Å². The summed E-state index contributed by atoms with van der Waals surface area (Å²) >= 11 is 0. The monoisotopic (exact) mass is 354 g/mol. The summed E-state index contributed by atoms with van der Waals surface area (Å²) in [5.41, 5.74) is 7.80. The molecule has 3 heteroatoms. The van der Waals surface area contributed by atoms with Crippen molar-refractivity contribution in [3.8, 4) is 34.0 Å². The molecule has 0 saturated carbocycles. The number of nitrogens with zero attached hydrogens (tertiary/aromatic N) is 2. The smallest absolute Gasteiger partial charge is 0.222 e. The number of benzene rings is 3. The van der Waals surface area contributed by atoms with Crippen LogP contribution < -0.4 is 0 Å². The van der Waals surface area contributed by atoms with Gasteiger partial charge in [-0.05, 0) is 44.0 Å².